The van der Waals surface area contributed by atoms with E-state index >= 15 is 0 Å². The van der Waals surface area contributed by atoms with Crippen LogP contribution >= 0.6 is 11.3 Å². The number of likely N-dealkylation sites (tertiary alicyclic amines) is 1. The number of hydrogen-bond donors (Lipinski definition) is 1. The number of hydrogen-bond acceptors (Lipinski definition) is 7. The molecule has 8 heteroatoms. The van der Waals surface area contributed by atoms with Gasteiger partial charge in [0.2, 0.25) is 11.8 Å². The second-order valence-electron chi connectivity index (χ2n) is 9.25. The van der Waals surface area contributed by atoms with Crippen LogP contribution in [0.1, 0.15) is 41.7 Å². The third-order valence-electron chi connectivity index (χ3n) is 7.15. The number of pyridine rings is 1. The van der Waals surface area contributed by atoms with E-state index in [0.717, 1.165) is 65.1 Å². The number of carbonyl (C=O) groups is 2. The number of nitrogens with zero attached hydrogens (tertiary/aromatic N) is 4. The normalized spacial score (nSPS) is 20.3. The van der Waals surface area contributed by atoms with Gasteiger partial charge >= 0.3 is 0 Å². The van der Waals surface area contributed by atoms with E-state index in [2.05, 4.69) is 27.3 Å². The largest absolute Gasteiger partial charge is 0.366 e. The number of nitriles is 1. The number of nitrogens with one attached hydrogen (secondary N) is 1. The van der Waals surface area contributed by atoms with E-state index in [9.17, 15) is 14.9 Å². The van der Waals surface area contributed by atoms with Crippen LogP contribution in [-0.2, 0) is 22.6 Å². The number of amides is 2. The fraction of sp³-hybridized carbons (Fsp3) is 0.385. The average molecular weight is 472 g/mol. The zero-order valence-corrected chi connectivity index (χ0v) is 19.7. The quantitative estimate of drug-likeness (QED) is 0.585. The van der Waals surface area contributed by atoms with Crippen LogP contribution in [0, 0.1) is 11.3 Å². The van der Waals surface area contributed by atoms with Crippen LogP contribution in [0.15, 0.2) is 30.5 Å². The number of benzene rings is 1. The summed E-state index contributed by atoms with van der Waals surface area (Å²) in [6.07, 6.45) is 5.59. The minimum absolute atomic E-state index is 0.104. The third-order valence-corrected chi connectivity index (χ3v) is 8.29. The fourth-order valence-electron chi connectivity index (χ4n) is 5.55. The Bertz CT molecular complexity index is 1340. The van der Waals surface area contributed by atoms with Crippen molar-refractivity contribution in [1.29, 1.82) is 5.26 Å². The summed E-state index contributed by atoms with van der Waals surface area (Å²) in [5.74, 6) is -0.209. The molecule has 34 heavy (non-hydrogen) atoms. The summed E-state index contributed by atoms with van der Waals surface area (Å²) in [4.78, 5) is 33.7. The lowest BCUT2D eigenvalue weighted by Gasteiger charge is -2.38. The van der Waals surface area contributed by atoms with Gasteiger partial charge in [0.15, 0.2) is 0 Å². The van der Waals surface area contributed by atoms with Gasteiger partial charge in [-0.05, 0) is 55.6 Å². The van der Waals surface area contributed by atoms with E-state index in [1.807, 2.05) is 24.4 Å². The SMILES string of the molecule is N#Cc1cc2c(c(-c3ccnc4cc(CN5C(=O)CCC5=O)sc34)c1)N([C@H]1CCNC1)CCC2. The van der Waals surface area contributed by atoms with E-state index in [-0.39, 0.29) is 11.8 Å². The van der Waals surface area contributed by atoms with Crippen molar-refractivity contribution in [2.45, 2.75) is 44.7 Å². The fourth-order valence-corrected chi connectivity index (χ4v) is 6.68. The van der Waals surface area contributed by atoms with Crippen molar-refractivity contribution in [3.63, 3.8) is 0 Å². The molecule has 7 nitrogen and oxygen atoms in total. The molecule has 1 aromatic carbocycles. The number of thiophene rings is 1. The van der Waals surface area contributed by atoms with Gasteiger partial charge in [-0.15, -0.1) is 11.3 Å². The Hall–Kier alpha value is -3.28. The van der Waals surface area contributed by atoms with Crippen LogP contribution < -0.4 is 10.2 Å². The van der Waals surface area contributed by atoms with Crippen molar-refractivity contribution in [3.8, 4) is 17.2 Å². The molecule has 2 amide bonds. The molecule has 3 aliphatic rings. The molecule has 6 rings (SSSR count). The number of aryl methyl sites for hydroxylation is 1. The number of aromatic nitrogens is 1. The Labute approximate surface area is 202 Å². The first kappa shape index (κ1) is 21.3. The molecule has 0 bridgehead atoms. The topological polar surface area (TPSA) is 89.3 Å². The van der Waals surface area contributed by atoms with Crippen molar-refractivity contribution in [2.75, 3.05) is 24.5 Å². The van der Waals surface area contributed by atoms with Gasteiger partial charge in [0.1, 0.15) is 0 Å². The van der Waals surface area contributed by atoms with Crippen LogP contribution in [0.5, 0.6) is 0 Å². The molecule has 3 aromatic rings. The molecule has 0 aliphatic carbocycles. The Morgan fingerprint density at radius 3 is 2.76 bits per heavy atom. The number of rotatable bonds is 4. The Morgan fingerprint density at radius 1 is 1.15 bits per heavy atom. The first-order valence-corrected chi connectivity index (χ1v) is 12.7. The smallest absolute Gasteiger partial charge is 0.230 e. The molecular formula is C26H25N5O2S. The van der Waals surface area contributed by atoms with Crippen molar-refractivity contribution in [3.05, 3.63) is 46.5 Å². The molecule has 3 aliphatic heterocycles. The number of fused-ring (bicyclic) bond motifs is 2. The molecule has 1 atom stereocenters. The van der Waals surface area contributed by atoms with Crippen molar-refractivity contribution in [2.24, 2.45) is 0 Å². The van der Waals surface area contributed by atoms with E-state index in [0.29, 0.717) is 31.0 Å². The predicted molar refractivity (Wildman–Crippen MR) is 132 cm³/mol. The standard InChI is InChI=1S/C26H25N5O2S/c27-13-16-10-17-2-1-9-30(18-5-7-28-14-18)25(17)21(11-16)20-6-8-29-22-12-19(34-26(20)22)15-31-23(32)3-4-24(31)33/h6,8,10-12,18,28H,1-5,7,9,14-15H2/t18-/m0/s1. The molecule has 0 unspecified atom stereocenters. The molecule has 0 radical (unpaired) electrons. The number of imide groups is 1. The van der Waals surface area contributed by atoms with E-state index < -0.39 is 0 Å². The van der Waals surface area contributed by atoms with Gasteiger partial charge in [-0.25, -0.2) is 0 Å². The Morgan fingerprint density at radius 2 is 2.00 bits per heavy atom. The second-order valence-corrected chi connectivity index (χ2v) is 10.4. The summed E-state index contributed by atoms with van der Waals surface area (Å²) in [5, 5.41) is 13.3. The van der Waals surface area contributed by atoms with Crippen LogP contribution in [0.2, 0.25) is 0 Å². The Balaban J connectivity index is 1.48. The summed E-state index contributed by atoms with van der Waals surface area (Å²) in [6, 6.07) is 10.9. The van der Waals surface area contributed by atoms with Gasteiger partial charge in [-0.3, -0.25) is 19.5 Å². The van der Waals surface area contributed by atoms with Gasteiger partial charge < -0.3 is 10.2 Å². The first-order chi connectivity index (χ1) is 16.6. The lowest BCUT2D eigenvalue weighted by Crippen LogP contribution is -2.40. The minimum Gasteiger partial charge on any atom is -0.366 e. The number of carbonyl (C=O) groups excluding carboxylic acids is 2. The van der Waals surface area contributed by atoms with E-state index in [1.165, 1.54) is 16.2 Å². The highest BCUT2D eigenvalue weighted by Crippen LogP contribution is 2.44. The highest BCUT2D eigenvalue weighted by molar-refractivity contribution is 7.19. The van der Waals surface area contributed by atoms with E-state index in [1.54, 1.807) is 11.3 Å². The molecule has 2 aromatic heterocycles. The van der Waals surface area contributed by atoms with Crippen molar-refractivity contribution in [1.82, 2.24) is 15.2 Å². The average Bonchev–Trinajstić information content (AvgIpc) is 3.60. The number of anilines is 1. The summed E-state index contributed by atoms with van der Waals surface area (Å²) >= 11 is 1.58. The molecule has 0 spiro atoms. The monoisotopic (exact) mass is 471 g/mol. The van der Waals surface area contributed by atoms with Crippen LogP contribution in [0.25, 0.3) is 21.3 Å². The Kier molecular flexibility index (Phi) is 5.31. The summed E-state index contributed by atoms with van der Waals surface area (Å²) in [5.41, 5.74) is 6.16. The summed E-state index contributed by atoms with van der Waals surface area (Å²) < 4.78 is 1.03. The predicted octanol–water partition coefficient (Wildman–Crippen LogP) is 3.60. The second kappa shape index (κ2) is 8.49. The summed E-state index contributed by atoms with van der Waals surface area (Å²) in [7, 11) is 0. The van der Waals surface area contributed by atoms with Crippen LogP contribution in [0.3, 0.4) is 0 Å². The van der Waals surface area contributed by atoms with Gasteiger partial charge in [-0.1, -0.05) is 0 Å². The highest BCUT2D eigenvalue weighted by Gasteiger charge is 2.31. The summed E-state index contributed by atoms with van der Waals surface area (Å²) in [6.45, 7) is 3.32. The zero-order chi connectivity index (χ0) is 23.2. The third kappa shape index (κ3) is 3.56. The van der Waals surface area contributed by atoms with Gasteiger partial charge in [0.25, 0.3) is 0 Å². The molecule has 5 heterocycles. The molecule has 0 saturated carbocycles. The molecule has 172 valence electrons. The van der Waals surface area contributed by atoms with Crippen molar-refractivity contribution < 1.29 is 9.59 Å². The molecule has 2 saturated heterocycles. The maximum absolute atomic E-state index is 12.1. The van der Waals surface area contributed by atoms with Gasteiger partial charge in [0, 0.05) is 59.9 Å². The molecular weight excluding hydrogens is 446 g/mol. The van der Waals surface area contributed by atoms with E-state index in [4.69, 9.17) is 0 Å². The lowest BCUT2D eigenvalue weighted by atomic mass is 9.90. The lowest BCUT2D eigenvalue weighted by molar-refractivity contribution is -0.138. The zero-order valence-electron chi connectivity index (χ0n) is 18.8. The van der Waals surface area contributed by atoms with Crippen molar-refractivity contribution >= 4 is 39.1 Å². The maximum Gasteiger partial charge on any atom is 0.230 e. The molecule has 2 fully saturated rings. The van der Waals surface area contributed by atoms with Gasteiger partial charge in [-0.2, -0.15) is 5.26 Å². The minimum atomic E-state index is -0.104. The van der Waals surface area contributed by atoms with Crippen LogP contribution in [-0.4, -0.2) is 47.4 Å². The maximum atomic E-state index is 12.1. The first-order valence-electron chi connectivity index (χ1n) is 11.9. The highest BCUT2D eigenvalue weighted by atomic mass is 32.1. The van der Waals surface area contributed by atoms with Crippen LogP contribution in [0.4, 0.5) is 5.69 Å². The van der Waals surface area contributed by atoms with Gasteiger partial charge in [0.05, 0.1) is 28.4 Å². The molecule has 1 N–H and O–H groups in total.